The second-order valence-corrected chi connectivity index (χ2v) is 6.98. The third kappa shape index (κ3) is 5.10. The third-order valence-corrected chi connectivity index (χ3v) is 4.63. The van der Waals surface area contributed by atoms with Gasteiger partial charge in [-0.1, -0.05) is 71.8 Å². The van der Waals surface area contributed by atoms with E-state index in [0.717, 1.165) is 21.9 Å². The monoisotopic (exact) mass is 365 g/mol. The fourth-order valence-corrected chi connectivity index (χ4v) is 3.11. The predicted molar refractivity (Wildman–Crippen MR) is 109 cm³/mol. The van der Waals surface area contributed by atoms with Crippen LogP contribution in [0.25, 0.3) is 0 Å². The van der Waals surface area contributed by atoms with E-state index in [9.17, 15) is 0 Å². The van der Waals surface area contributed by atoms with E-state index < -0.39 is 0 Å². The molecule has 0 aliphatic carbocycles. The molecule has 0 saturated heterocycles. The number of hydrogen-bond donors (Lipinski definition) is 1. The Morgan fingerprint density at radius 2 is 1.77 bits per heavy atom. The van der Waals surface area contributed by atoms with Crippen molar-refractivity contribution in [1.82, 2.24) is 5.32 Å². The summed E-state index contributed by atoms with van der Waals surface area (Å²) in [6, 6.07) is 24.8. The van der Waals surface area contributed by atoms with Crippen LogP contribution in [0.3, 0.4) is 0 Å². The number of rotatable bonds is 7. The van der Waals surface area contributed by atoms with E-state index in [0.29, 0.717) is 13.2 Å². The first-order chi connectivity index (χ1) is 12.6. The van der Waals surface area contributed by atoms with Gasteiger partial charge in [0.15, 0.2) is 0 Å². The van der Waals surface area contributed by atoms with Crippen molar-refractivity contribution in [2.24, 2.45) is 0 Å². The maximum absolute atomic E-state index is 6.20. The van der Waals surface area contributed by atoms with Crippen LogP contribution >= 0.6 is 11.6 Å². The summed E-state index contributed by atoms with van der Waals surface area (Å²) in [7, 11) is 0. The van der Waals surface area contributed by atoms with Crippen molar-refractivity contribution in [3.05, 3.63) is 100 Å². The molecule has 0 bridgehead atoms. The van der Waals surface area contributed by atoms with Crippen molar-refractivity contribution < 1.29 is 4.74 Å². The molecule has 0 heterocycles. The van der Waals surface area contributed by atoms with E-state index in [1.165, 1.54) is 11.1 Å². The minimum Gasteiger partial charge on any atom is -0.489 e. The van der Waals surface area contributed by atoms with Crippen LogP contribution in [0, 0.1) is 6.92 Å². The maximum atomic E-state index is 6.20. The molecule has 26 heavy (non-hydrogen) atoms. The first kappa shape index (κ1) is 18.5. The summed E-state index contributed by atoms with van der Waals surface area (Å²) in [6.45, 7) is 5.49. The Morgan fingerprint density at radius 1 is 0.962 bits per heavy atom. The minimum atomic E-state index is 0.250. The maximum Gasteiger partial charge on any atom is 0.124 e. The standard InChI is InChI=1S/C23H24ClNO/c1-17-7-6-8-19(13-17)16-26-23-12-11-22(24)14-21(23)15-25-18(2)20-9-4-3-5-10-20/h3-14,18,25H,15-16H2,1-2H3. The second kappa shape index (κ2) is 8.88. The Bertz CT molecular complexity index is 848. The van der Waals surface area contributed by atoms with Gasteiger partial charge >= 0.3 is 0 Å². The number of ether oxygens (including phenoxy) is 1. The lowest BCUT2D eigenvalue weighted by Crippen LogP contribution is -2.18. The van der Waals surface area contributed by atoms with Gasteiger partial charge in [0, 0.05) is 23.2 Å². The zero-order valence-corrected chi connectivity index (χ0v) is 16.0. The van der Waals surface area contributed by atoms with Crippen LogP contribution in [0.2, 0.25) is 5.02 Å². The molecular weight excluding hydrogens is 342 g/mol. The first-order valence-corrected chi connectivity index (χ1v) is 9.25. The van der Waals surface area contributed by atoms with Crippen LogP contribution in [-0.4, -0.2) is 0 Å². The molecule has 0 fully saturated rings. The predicted octanol–water partition coefficient (Wildman–Crippen LogP) is 6.08. The average molecular weight is 366 g/mol. The molecule has 3 heteroatoms. The lowest BCUT2D eigenvalue weighted by Gasteiger charge is -2.17. The van der Waals surface area contributed by atoms with Gasteiger partial charge in [-0.3, -0.25) is 0 Å². The van der Waals surface area contributed by atoms with E-state index in [2.05, 4.69) is 67.7 Å². The molecule has 0 aliphatic rings. The summed E-state index contributed by atoms with van der Waals surface area (Å²) in [4.78, 5) is 0. The molecule has 3 aromatic rings. The fraction of sp³-hybridized carbons (Fsp3) is 0.217. The van der Waals surface area contributed by atoms with Gasteiger partial charge in [0.05, 0.1) is 0 Å². The largest absolute Gasteiger partial charge is 0.489 e. The number of benzene rings is 3. The Hall–Kier alpha value is -2.29. The molecule has 0 amide bonds. The SMILES string of the molecule is Cc1cccc(COc2ccc(Cl)cc2CNC(C)c2ccccc2)c1. The summed E-state index contributed by atoms with van der Waals surface area (Å²) in [5.41, 5.74) is 4.72. The van der Waals surface area contributed by atoms with Gasteiger partial charge in [-0.15, -0.1) is 0 Å². The Labute approximate surface area is 160 Å². The van der Waals surface area contributed by atoms with Crippen molar-refractivity contribution in [1.29, 1.82) is 0 Å². The van der Waals surface area contributed by atoms with Gasteiger partial charge in [-0.05, 0) is 43.2 Å². The molecule has 0 radical (unpaired) electrons. The summed E-state index contributed by atoms with van der Waals surface area (Å²) >= 11 is 6.20. The third-order valence-electron chi connectivity index (χ3n) is 4.40. The quantitative estimate of drug-likeness (QED) is 0.548. The summed E-state index contributed by atoms with van der Waals surface area (Å²) < 4.78 is 6.07. The van der Waals surface area contributed by atoms with Crippen molar-refractivity contribution in [2.45, 2.75) is 33.0 Å². The van der Waals surface area contributed by atoms with Crippen molar-refractivity contribution in [2.75, 3.05) is 0 Å². The zero-order valence-electron chi connectivity index (χ0n) is 15.2. The normalized spacial score (nSPS) is 12.0. The number of nitrogens with one attached hydrogen (secondary N) is 1. The van der Waals surface area contributed by atoms with Gasteiger partial charge in [0.1, 0.15) is 12.4 Å². The smallest absolute Gasteiger partial charge is 0.124 e. The molecule has 0 spiro atoms. The molecule has 2 nitrogen and oxygen atoms in total. The summed E-state index contributed by atoms with van der Waals surface area (Å²) in [6.07, 6.45) is 0. The van der Waals surface area contributed by atoms with Crippen LogP contribution in [-0.2, 0) is 13.2 Å². The average Bonchev–Trinajstić information content (AvgIpc) is 2.66. The van der Waals surface area contributed by atoms with Crippen LogP contribution in [0.5, 0.6) is 5.75 Å². The van der Waals surface area contributed by atoms with E-state index in [4.69, 9.17) is 16.3 Å². The Balaban J connectivity index is 1.67. The molecule has 1 unspecified atom stereocenters. The van der Waals surface area contributed by atoms with Crippen LogP contribution in [0.4, 0.5) is 0 Å². The van der Waals surface area contributed by atoms with Crippen molar-refractivity contribution in [3.63, 3.8) is 0 Å². The molecule has 0 aliphatic heterocycles. The highest BCUT2D eigenvalue weighted by atomic mass is 35.5. The molecule has 0 saturated carbocycles. The molecule has 0 aromatic heterocycles. The number of hydrogen-bond acceptors (Lipinski definition) is 2. The Kier molecular flexibility index (Phi) is 6.32. The highest BCUT2D eigenvalue weighted by Crippen LogP contribution is 2.25. The van der Waals surface area contributed by atoms with Crippen molar-refractivity contribution >= 4 is 11.6 Å². The second-order valence-electron chi connectivity index (χ2n) is 6.54. The van der Waals surface area contributed by atoms with Gasteiger partial charge in [0.25, 0.3) is 0 Å². The highest BCUT2D eigenvalue weighted by molar-refractivity contribution is 6.30. The van der Waals surface area contributed by atoms with E-state index in [-0.39, 0.29) is 6.04 Å². The van der Waals surface area contributed by atoms with Gasteiger partial charge in [-0.2, -0.15) is 0 Å². The highest BCUT2D eigenvalue weighted by Gasteiger charge is 2.09. The molecule has 1 N–H and O–H groups in total. The summed E-state index contributed by atoms with van der Waals surface area (Å²) in [5, 5.41) is 4.27. The molecule has 3 rings (SSSR count). The minimum absolute atomic E-state index is 0.250. The van der Waals surface area contributed by atoms with Gasteiger partial charge in [-0.25, -0.2) is 0 Å². The molecule has 134 valence electrons. The van der Waals surface area contributed by atoms with E-state index >= 15 is 0 Å². The van der Waals surface area contributed by atoms with Crippen molar-refractivity contribution in [3.8, 4) is 5.75 Å². The van der Waals surface area contributed by atoms with E-state index in [1.54, 1.807) is 0 Å². The number of halogens is 1. The molecule has 1 atom stereocenters. The summed E-state index contributed by atoms with van der Waals surface area (Å²) in [5.74, 6) is 0.865. The first-order valence-electron chi connectivity index (χ1n) is 8.87. The van der Waals surface area contributed by atoms with E-state index in [1.807, 2.05) is 24.3 Å². The lowest BCUT2D eigenvalue weighted by atomic mass is 10.1. The number of aryl methyl sites for hydroxylation is 1. The van der Waals surface area contributed by atoms with Gasteiger partial charge < -0.3 is 10.1 Å². The zero-order chi connectivity index (χ0) is 18.4. The fourth-order valence-electron chi connectivity index (χ4n) is 2.91. The molecular formula is C23H24ClNO. The van der Waals surface area contributed by atoms with Crippen LogP contribution < -0.4 is 10.1 Å². The molecule has 3 aromatic carbocycles. The lowest BCUT2D eigenvalue weighted by molar-refractivity contribution is 0.301. The Morgan fingerprint density at radius 3 is 2.54 bits per heavy atom. The van der Waals surface area contributed by atoms with Gasteiger partial charge in [0.2, 0.25) is 0 Å². The topological polar surface area (TPSA) is 21.3 Å². The van der Waals surface area contributed by atoms with Crippen LogP contribution in [0.15, 0.2) is 72.8 Å². The van der Waals surface area contributed by atoms with Crippen LogP contribution in [0.1, 0.15) is 35.2 Å².